The third kappa shape index (κ3) is 2.15. The molecule has 0 aliphatic carbocycles. The number of hydrogen-bond donors (Lipinski definition) is 0. The van der Waals surface area contributed by atoms with Crippen molar-refractivity contribution in [1.82, 2.24) is 10.3 Å². The van der Waals surface area contributed by atoms with Gasteiger partial charge in [-0.2, -0.15) is 0 Å². The molecule has 1 aromatic heterocycles. The highest BCUT2D eigenvalue weighted by molar-refractivity contribution is 5.08. The second kappa shape index (κ2) is 4.01. The average Bonchev–Trinajstić information content (AvgIpc) is 2.03. The number of rotatable bonds is 3. The lowest BCUT2D eigenvalue weighted by molar-refractivity contribution is 0.709. The lowest BCUT2D eigenvalue weighted by atomic mass is 10.3. The van der Waals surface area contributed by atoms with Crippen molar-refractivity contribution in [3.63, 3.8) is 0 Å². The van der Waals surface area contributed by atoms with Crippen LogP contribution in [0.15, 0.2) is 24.5 Å². The fourth-order valence-electron chi connectivity index (χ4n) is 0.729. The molecule has 2 nitrogen and oxygen atoms in total. The van der Waals surface area contributed by atoms with Crippen molar-refractivity contribution < 1.29 is 0 Å². The van der Waals surface area contributed by atoms with Crippen LogP contribution < -0.4 is 5.32 Å². The maximum Gasteiger partial charge on any atom is 0.0385 e. The Morgan fingerprint density at radius 1 is 1.40 bits per heavy atom. The summed E-state index contributed by atoms with van der Waals surface area (Å²) in [5.74, 6) is 0. The molecule has 0 aliphatic rings. The summed E-state index contributed by atoms with van der Waals surface area (Å²) in [5.41, 5.74) is 1.23. The van der Waals surface area contributed by atoms with E-state index in [2.05, 4.69) is 10.3 Å². The smallest absolute Gasteiger partial charge is 0.0385 e. The monoisotopic (exact) mass is 135 g/mol. The van der Waals surface area contributed by atoms with Crippen LogP contribution >= 0.6 is 0 Å². The molecular formula is C8H11N2. The second-order valence-electron chi connectivity index (χ2n) is 2.05. The highest BCUT2D eigenvalue weighted by Crippen LogP contribution is 1.94. The van der Waals surface area contributed by atoms with E-state index in [0.29, 0.717) is 0 Å². The van der Waals surface area contributed by atoms with Crippen LogP contribution in [0.5, 0.6) is 0 Å². The van der Waals surface area contributed by atoms with Crippen LogP contribution in [0.2, 0.25) is 0 Å². The third-order valence-corrected chi connectivity index (χ3v) is 1.27. The van der Waals surface area contributed by atoms with Gasteiger partial charge in [0.05, 0.1) is 0 Å². The van der Waals surface area contributed by atoms with Gasteiger partial charge in [-0.3, -0.25) is 4.98 Å². The minimum absolute atomic E-state index is 0.818. The summed E-state index contributed by atoms with van der Waals surface area (Å²) in [7, 11) is 0. The zero-order valence-electron chi connectivity index (χ0n) is 6.12. The molecule has 0 saturated heterocycles. The van der Waals surface area contributed by atoms with Crippen molar-refractivity contribution in [2.45, 2.75) is 13.5 Å². The molecule has 0 aromatic carbocycles. The molecule has 1 heterocycles. The van der Waals surface area contributed by atoms with E-state index in [-0.39, 0.29) is 0 Å². The first-order valence-corrected chi connectivity index (χ1v) is 3.45. The Morgan fingerprint density at radius 3 is 2.70 bits per heavy atom. The van der Waals surface area contributed by atoms with Crippen LogP contribution in [-0.2, 0) is 6.54 Å². The third-order valence-electron chi connectivity index (χ3n) is 1.27. The van der Waals surface area contributed by atoms with E-state index in [1.165, 1.54) is 5.56 Å². The SMILES string of the molecule is CC[N]Cc1ccncc1. The van der Waals surface area contributed by atoms with E-state index in [4.69, 9.17) is 0 Å². The van der Waals surface area contributed by atoms with Gasteiger partial charge in [0, 0.05) is 25.5 Å². The minimum Gasteiger partial charge on any atom is -0.265 e. The van der Waals surface area contributed by atoms with Crippen LogP contribution in [-0.4, -0.2) is 11.5 Å². The lowest BCUT2D eigenvalue weighted by Gasteiger charge is -1.96. The van der Waals surface area contributed by atoms with Crippen molar-refractivity contribution >= 4 is 0 Å². The van der Waals surface area contributed by atoms with Crippen LogP contribution in [0.25, 0.3) is 0 Å². The van der Waals surface area contributed by atoms with Gasteiger partial charge >= 0.3 is 0 Å². The summed E-state index contributed by atoms with van der Waals surface area (Å²) < 4.78 is 0. The van der Waals surface area contributed by atoms with Gasteiger partial charge in [-0.25, -0.2) is 5.32 Å². The summed E-state index contributed by atoms with van der Waals surface area (Å²) in [6, 6.07) is 3.97. The first kappa shape index (κ1) is 7.22. The van der Waals surface area contributed by atoms with E-state index in [0.717, 1.165) is 13.1 Å². The summed E-state index contributed by atoms with van der Waals surface area (Å²) in [6.45, 7) is 3.75. The molecule has 0 unspecified atom stereocenters. The quantitative estimate of drug-likeness (QED) is 0.612. The normalized spacial score (nSPS) is 9.70. The van der Waals surface area contributed by atoms with Crippen molar-refractivity contribution in [3.8, 4) is 0 Å². The second-order valence-corrected chi connectivity index (χ2v) is 2.05. The van der Waals surface area contributed by atoms with Gasteiger partial charge in [0.25, 0.3) is 0 Å². The Kier molecular flexibility index (Phi) is 2.90. The molecule has 2 heteroatoms. The highest BCUT2D eigenvalue weighted by atomic mass is 14.8. The molecule has 0 saturated carbocycles. The molecule has 0 bridgehead atoms. The summed E-state index contributed by atoms with van der Waals surface area (Å²) in [4.78, 5) is 3.91. The summed E-state index contributed by atoms with van der Waals surface area (Å²) in [5, 5.41) is 4.21. The van der Waals surface area contributed by atoms with E-state index >= 15 is 0 Å². The Hall–Kier alpha value is -0.890. The van der Waals surface area contributed by atoms with Gasteiger partial charge in [0.15, 0.2) is 0 Å². The number of hydrogen-bond acceptors (Lipinski definition) is 1. The molecule has 1 rings (SSSR count). The van der Waals surface area contributed by atoms with Crippen molar-refractivity contribution in [3.05, 3.63) is 30.1 Å². The first-order valence-electron chi connectivity index (χ1n) is 3.45. The Labute approximate surface area is 61.3 Å². The minimum atomic E-state index is 0.818. The average molecular weight is 135 g/mol. The maximum absolute atomic E-state index is 4.21. The van der Waals surface area contributed by atoms with Gasteiger partial charge in [-0.05, 0) is 17.7 Å². The first-order chi connectivity index (χ1) is 4.93. The molecule has 0 amide bonds. The molecule has 0 atom stereocenters. The number of aromatic nitrogens is 1. The Morgan fingerprint density at radius 2 is 2.10 bits per heavy atom. The Balaban J connectivity index is 2.43. The predicted octanol–water partition coefficient (Wildman–Crippen LogP) is 1.21. The van der Waals surface area contributed by atoms with E-state index in [9.17, 15) is 0 Å². The Bertz CT molecular complexity index is 172. The van der Waals surface area contributed by atoms with Crippen LogP contribution in [0.4, 0.5) is 0 Å². The highest BCUT2D eigenvalue weighted by Gasteiger charge is 1.87. The summed E-state index contributed by atoms with van der Waals surface area (Å²) >= 11 is 0. The molecule has 0 spiro atoms. The number of nitrogens with zero attached hydrogens (tertiary/aromatic N) is 2. The van der Waals surface area contributed by atoms with Gasteiger partial charge < -0.3 is 0 Å². The molecule has 0 N–H and O–H groups in total. The lowest BCUT2D eigenvalue weighted by Crippen LogP contribution is -2.02. The largest absolute Gasteiger partial charge is 0.265 e. The van der Waals surface area contributed by atoms with E-state index < -0.39 is 0 Å². The van der Waals surface area contributed by atoms with Crippen molar-refractivity contribution in [1.29, 1.82) is 0 Å². The molecule has 1 radical (unpaired) electrons. The van der Waals surface area contributed by atoms with Crippen LogP contribution in [0.3, 0.4) is 0 Å². The van der Waals surface area contributed by atoms with Gasteiger partial charge in [-0.15, -0.1) is 0 Å². The molecular weight excluding hydrogens is 124 g/mol. The zero-order valence-corrected chi connectivity index (χ0v) is 6.12. The van der Waals surface area contributed by atoms with E-state index in [1.807, 2.05) is 19.1 Å². The van der Waals surface area contributed by atoms with Gasteiger partial charge in [-0.1, -0.05) is 6.92 Å². The van der Waals surface area contributed by atoms with Crippen molar-refractivity contribution in [2.75, 3.05) is 6.54 Å². The van der Waals surface area contributed by atoms with Crippen LogP contribution in [0.1, 0.15) is 12.5 Å². The molecule has 0 fully saturated rings. The molecule has 0 aliphatic heterocycles. The molecule has 10 heavy (non-hydrogen) atoms. The number of pyridine rings is 1. The molecule has 1 aromatic rings. The topological polar surface area (TPSA) is 27.0 Å². The zero-order chi connectivity index (χ0) is 7.23. The van der Waals surface area contributed by atoms with Crippen LogP contribution in [0, 0.1) is 0 Å². The predicted molar refractivity (Wildman–Crippen MR) is 40.6 cm³/mol. The summed E-state index contributed by atoms with van der Waals surface area (Å²) in [6.07, 6.45) is 3.58. The van der Waals surface area contributed by atoms with Gasteiger partial charge in [0.2, 0.25) is 0 Å². The maximum atomic E-state index is 4.21. The fourth-order valence-corrected chi connectivity index (χ4v) is 0.729. The molecule has 53 valence electrons. The van der Waals surface area contributed by atoms with Crippen molar-refractivity contribution in [2.24, 2.45) is 0 Å². The fraction of sp³-hybridized carbons (Fsp3) is 0.375. The van der Waals surface area contributed by atoms with Gasteiger partial charge in [0.1, 0.15) is 0 Å². The standard InChI is InChI=1S/C8H11N2/c1-2-9-7-8-3-5-10-6-4-8/h3-6H,2,7H2,1H3. The van der Waals surface area contributed by atoms with E-state index in [1.54, 1.807) is 12.4 Å².